The summed E-state index contributed by atoms with van der Waals surface area (Å²) < 4.78 is 5.04. The number of nitrogens with one attached hydrogen (secondary N) is 1. The third-order valence-corrected chi connectivity index (χ3v) is 2.92. The third kappa shape index (κ3) is 3.70. The Morgan fingerprint density at radius 1 is 1.28 bits per heavy atom. The summed E-state index contributed by atoms with van der Waals surface area (Å²) >= 11 is 0. The molecule has 0 aliphatic carbocycles. The molecule has 1 aliphatic rings. The van der Waals surface area contributed by atoms with Crippen molar-refractivity contribution in [2.45, 2.75) is 6.61 Å². The van der Waals surface area contributed by atoms with Gasteiger partial charge in [-0.15, -0.1) is 12.4 Å². The van der Waals surface area contributed by atoms with E-state index in [0.717, 1.165) is 37.3 Å². The molecule has 1 saturated heterocycles. The summed E-state index contributed by atoms with van der Waals surface area (Å²) in [7, 11) is 1.67. The number of piperazine rings is 1. The van der Waals surface area contributed by atoms with Crippen LogP contribution in [0.5, 0.6) is 0 Å². The highest BCUT2D eigenvalue weighted by Gasteiger charge is 2.17. The number of benzene rings is 1. The van der Waals surface area contributed by atoms with Gasteiger partial charge in [0.15, 0.2) is 0 Å². The molecule has 1 aromatic carbocycles. The van der Waals surface area contributed by atoms with E-state index in [1.165, 1.54) is 0 Å². The average molecular weight is 271 g/mol. The van der Waals surface area contributed by atoms with Gasteiger partial charge in [-0.25, -0.2) is 0 Å². The van der Waals surface area contributed by atoms with Gasteiger partial charge in [-0.05, 0) is 17.7 Å². The Morgan fingerprint density at radius 3 is 2.44 bits per heavy atom. The minimum absolute atomic E-state index is 0. The molecule has 1 amide bonds. The van der Waals surface area contributed by atoms with E-state index in [4.69, 9.17) is 4.74 Å². The van der Waals surface area contributed by atoms with Gasteiger partial charge >= 0.3 is 0 Å². The first-order valence-corrected chi connectivity index (χ1v) is 5.89. The van der Waals surface area contributed by atoms with Gasteiger partial charge in [0, 0.05) is 38.9 Å². The molecule has 1 aliphatic heterocycles. The summed E-state index contributed by atoms with van der Waals surface area (Å²) in [6.07, 6.45) is 0. The Hall–Kier alpha value is -1.10. The molecule has 0 unspecified atom stereocenters. The molecular weight excluding hydrogens is 252 g/mol. The van der Waals surface area contributed by atoms with Crippen LogP contribution in [0.3, 0.4) is 0 Å². The Bertz CT molecular complexity index is 375. The van der Waals surface area contributed by atoms with Crippen LogP contribution < -0.4 is 5.32 Å². The normalized spacial score (nSPS) is 15.1. The van der Waals surface area contributed by atoms with Crippen molar-refractivity contribution in [2.75, 3.05) is 33.3 Å². The van der Waals surface area contributed by atoms with Gasteiger partial charge in [0.25, 0.3) is 5.91 Å². The van der Waals surface area contributed by atoms with Gasteiger partial charge in [-0.1, -0.05) is 12.1 Å². The predicted octanol–water partition coefficient (Wildman–Crippen LogP) is 1.30. The zero-order chi connectivity index (χ0) is 12.1. The summed E-state index contributed by atoms with van der Waals surface area (Å²) in [5.41, 5.74) is 1.84. The number of rotatable bonds is 3. The van der Waals surface area contributed by atoms with Crippen LogP contribution >= 0.6 is 12.4 Å². The number of carbonyl (C=O) groups excluding carboxylic acids is 1. The van der Waals surface area contributed by atoms with Crippen LogP contribution in [0.15, 0.2) is 24.3 Å². The highest BCUT2D eigenvalue weighted by atomic mass is 35.5. The highest BCUT2D eigenvalue weighted by molar-refractivity contribution is 5.94. The Morgan fingerprint density at radius 2 is 1.89 bits per heavy atom. The van der Waals surface area contributed by atoms with Crippen molar-refractivity contribution in [1.29, 1.82) is 0 Å². The van der Waals surface area contributed by atoms with E-state index in [1.807, 2.05) is 29.2 Å². The lowest BCUT2D eigenvalue weighted by molar-refractivity contribution is 0.0735. The van der Waals surface area contributed by atoms with Crippen LogP contribution in [0, 0.1) is 0 Å². The summed E-state index contributed by atoms with van der Waals surface area (Å²) in [4.78, 5) is 14.0. The summed E-state index contributed by atoms with van der Waals surface area (Å²) in [6.45, 7) is 3.93. The Balaban J connectivity index is 0.00000162. The maximum atomic E-state index is 12.1. The predicted molar refractivity (Wildman–Crippen MR) is 73.2 cm³/mol. The van der Waals surface area contributed by atoms with Crippen LogP contribution in [-0.2, 0) is 11.3 Å². The van der Waals surface area contributed by atoms with Gasteiger partial charge in [0.2, 0.25) is 0 Å². The molecule has 100 valence electrons. The van der Waals surface area contributed by atoms with Crippen molar-refractivity contribution in [3.63, 3.8) is 0 Å². The molecule has 2 rings (SSSR count). The van der Waals surface area contributed by atoms with E-state index in [9.17, 15) is 4.79 Å². The molecule has 0 radical (unpaired) electrons. The maximum absolute atomic E-state index is 12.1. The minimum Gasteiger partial charge on any atom is -0.380 e. The number of ether oxygens (including phenoxy) is 1. The first kappa shape index (κ1) is 15.0. The summed E-state index contributed by atoms with van der Waals surface area (Å²) in [5, 5.41) is 3.24. The fraction of sp³-hybridized carbons (Fsp3) is 0.462. The molecule has 0 spiro atoms. The Labute approximate surface area is 114 Å². The lowest BCUT2D eigenvalue weighted by Gasteiger charge is -2.27. The second kappa shape index (κ2) is 7.36. The zero-order valence-electron chi connectivity index (χ0n) is 10.5. The van der Waals surface area contributed by atoms with Crippen molar-refractivity contribution >= 4 is 18.3 Å². The lowest BCUT2D eigenvalue weighted by Crippen LogP contribution is -2.46. The smallest absolute Gasteiger partial charge is 0.253 e. The molecule has 4 nitrogen and oxygen atoms in total. The van der Waals surface area contributed by atoms with E-state index in [-0.39, 0.29) is 18.3 Å². The molecule has 18 heavy (non-hydrogen) atoms. The van der Waals surface area contributed by atoms with E-state index in [0.29, 0.717) is 6.61 Å². The molecule has 0 aromatic heterocycles. The Kier molecular flexibility index (Phi) is 6.12. The van der Waals surface area contributed by atoms with Gasteiger partial charge in [0.1, 0.15) is 0 Å². The standard InChI is InChI=1S/C13H18N2O2.ClH/c1-17-10-11-2-4-12(5-3-11)13(16)15-8-6-14-7-9-15;/h2-5,14H,6-10H2,1H3;1H. The molecule has 0 saturated carbocycles. The first-order valence-electron chi connectivity index (χ1n) is 5.89. The van der Waals surface area contributed by atoms with Crippen LogP contribution in [-0.4, -0.2) is 44.1 Å². The van der Waals surface area contributed by atoms with Crippen LogP contribution in [0.4, 0.5) is 0 Å². The number of carbonyl (C=O) groups is 1. The van der Waals surface area contributed by atoms with Crippen molar-refractivity contribution < 1.29 is 9.53 Å². The molecular formula is C13H19ClN2O2. The van der Waals surface area contributed by atoms with Crippen LogP contribution in [0.2, 0.25) is 0 Å². The van der Waals surface area contributed by atoms with E-state index in [1.54, 1.807) is 7.11 Å². The molecule has 0 bridgehead atoms. The molecule has 5 heteroatoms. The van der Waals surface area contributed by atoms with Crippen LogP contribution in [0.1, 0.15) is 15.9 Å². The number of hydrogen-bond donors (Lipinski definition) is 1. The second-order valence-corrected chi connectivity index (χ2v) is 4.17. The fourth-order valence-electron chi connectivity index (χ4n) is 1.96. The van der Waals surface area contributed by atoms with Crippen molar-refractivity contribution in [1.82, 2.24) is 10.2 Å². The lowest BCUT2D eigenvalue weighted by atomic mass is 10.1. The SMILES string of the molecule is COCc1ccc(C(=O)N2CCNCC2)cc1.Cl. The number of hydrogen-bond acceptors (Lipinski definition) is 3. The molecule has 0 atom stereocenters. The molecule has 1 N–H and O–H groups in total. The van der Waals surface area contributed by atoms with Crippen LogP contribution in [0.25, 0.3) is 0 Å². The average Bonchev–Trinajstić information content (AvgIpc) is 2.40. The van der Waals surface area contributed by atoms with E-state index < -0.39 is 0 Å². The van der Waals surface area contributed by atoms with Gasteiger partial charge < -0.3 is 15.0 Å². The monoisotopic (exact) mass is 270 g/mol. The second-order valence-electron chi connectivity index (χ2n) is 4.17. The first-order chi connectivity index (χ1) is 8.31. The summed E-state index contributed by atoms with van der Waals surface area (Å²) in [5.74, 6) is 0.121. The number of amides is 1. The molecule has 1 aromatic rings. The van der Waals surface area contributed by atoms with Gasteiger partial charge in [-0.3, -0.25) is 4.79 Å². The number of methoxy groups -OCH3 is 1. The number of halogens is 1. The van der Waals surface area contributed by atoms with Gasteiger partial charge in [0.05, 0.1) is 6.61 Å². The molecule has 1 fully saturated rings. The van der Waals surface area contributed by atoms with Gasteiger partial charge in [-0.2, -0.15) is 0 Å². The topological polar surface area (TPSA) is 41.6 Å². The van der Waals surface area contributed by atoms with Crippen molar-refractivity contribution in [3.8, 4) is 0 Å². The van der Waals surface area contributed by atoms with E-state index in [2.05, 4.69) is 5.32 Å². The third-order valence-electron chi connectivity index (χ3n) is 2.92. The summed E-state index contributed by atoms with van der Waals surface area (Å²) in [6, 6.07) is 7.63. The minimum atomic E-state index is 0. The number of nitrogens with zero attached hydrogens (tertiary/aromatic N) is 1. The zero-order valence-corrected chi connectivity index (χ0v) is 11.3. The van der Waals surface area contributed by atoms with E-state index >= 15 is 0 Å². The fourth-order valence-corrected chi connectivity index (χ4v) is 1.96. The molecule has 1 heterocycles. The highest BCUT2D eigenvalue weighted by Crippen LogP contribution is 2.09. The van der Waals surface area contributed by atoms with Crippen molar-refractivity contribution in [2.24, 2.45) is 0 Å². The quantitative estimate of drug-likeness (QED) is 0.900. The largest absolute Gasteiger partial charge is 0.380 e. The maximum Gasteiger partial charge on any atom is 0.253 e. The van der Waals surface area contributed by atoms with Crippen molar-refractivity contribution in [3.05, 3.63) is 35.4 Å².